The number of primary amides is 1. The third-order valence-corrected chi connectivity index (χ3v) is 6.38. The van der Waals surface area contributed by atoms with Crippen LogP contribution in [0.2, 0.25) is 0 Å². The number of nitrogen functional groups attached to an aromatic ring is 1. The fourth-order valence-corrected chi connectivity index (χ4v) is 4.60. The van der Waals surface area contributed by atoms with E-state index in [-0.39, 0.29) is 34.4 Å². The van der Waals surface area contributed by atoms with Crippen molar-refractivity contribution in [2.75, 3.05) is 10.6 Å². The van der Waals surface area contributed by atoms with Crippen LogP contribution in [0.15, 0.2) is 24.3 Å². The van der Waals surface area contributed by atoms with Crippen LogP contribution in [0.1, 0.15) is 64.8 Å². The zero-order chi connectivity index (χ0) is 24.3. The van der Waals surface area contributed by atoms with Crippen molar-refractivity contribution in [2.24, 2.45) is 5.73 Å². The minimum absolute atomic E-state index is 0.0556. The summed E-state index contributed by atoms with van der Waals surface area (Å²) in [6.07, 6.45) is -1.01. The number of nitrogens with zero attached hydrogens (tertiary/aromatic N) is 2. The molecule has 8 nitrogen and oxygen atoms in total. The second kappa shape index (κ2) is 9.77. The summed E-state index contributed by atoms with van der Waals surface area (Å²) >= 11 is 0.597. The summed E-state index contributed by atoms with van der Waals surface area (Å²) in [5.74, 6) is -2.27. The number of carbonyl (C=O) groups excluding carboxylic acids is 3. The largest absolute Gasteiger partial charge is 0.416 e. The van der Waals surface area contributed by atoms with Crippen molar-refractivity contribution in [1.82, 2.24) is 9.69 Å². The number of anilines is 2. The van der Waals surface area contributed by atoms with Crippen LogP contribution < -0.4 is 21.7 Å². The van der Waals surface area contributed by atoms with E-state index in [1.807, 2.05) is 0 Å². The highest BCUT2D eigenvalue weighted by Gasteiger charge is 2.37. The molecular weight excluding hydrogens is 459 g/mol. The molecule has 1 fully saturated rings. The highest BCUT2D eigenvalue weighted by atomic mass is 32.1. The summed E-state index contributed by atoms with van der Waals surface area (Å²) < 4.78 is 43.9. The van der Waals surface area contributed by atoms with E-state index in [0.717, 1.165) is 48.8 Å². The maximum Gasteiger partial charge on any atom is 0.416 e. The first kappa shape index (κ1) is 24.5. The number of amides is 3. The number of alkyl halides is 3. The third kappa shape index (κ3) is 5.27. The maximum absolute atomic E-state index is 13.5. The number of aromatic nitrogens is 1. The molecule has 1 atom stereocenters. The Bertz CT molecular complexity index is 1050. The minimum atomic E-state index is -4.65. The van der Waals surface area contributed by atoms with Gasteiger partial charge < -0.3 is 16.8 Å². The van der Waals surface area contributed by atoms with Gasteiger partial charge in [0, 0.05) is 11.7 Å². The topological polar surface area (TPSA) is 131 Å². The van der Waals surface area contributed by atoms with E-state index < -0.39 is 35.5 Å². The fraction of sp³-hybridized carbons (Fsp3) is 0.429. The van der Waals surface area contributed by atoms with Gasteiger partial charge in [-0.1, -0.05) is 25.8 Å². The van der Waals surface area contributed by atoms with E-state index in [1.54, 1.807) is 6.92 Å². The monoisotopic (exact) mass is 483 g/mol. The number of hydrogen-bond acceptors (Lipinski definition) is 6. The molecule has 1 aliphatic rings. The predicted octanol–water partition coefficient (Wildman–Crippen LogP) is 3.33. The molecular formula is C21H24F3N5O3S. The smallest absolute Gasteiger partial charge is 0.395 e. The van der Waals surface area contributed by atoms with Crippen molar-refractivity contribution in [2.45, 2.75) is 57.3 Å². The highest BCUT2D eigenvalue weighted by Crippen LogP contribution is 2.34. The summed E-state index contributed by atoms with van der Waals surface area (Å²) in [5.41, 5.74) is 9.42. The Kier molecular flexibility index (Phi) is 7.25. The molecule has 0 radical (unpaired) electrons. The van der Waals surface area contributed by atoms with Gasteiger partial charge in [-0.2, -0.15) is 17.5 Å². The number of benzene rings is 1. The number of carbonyl (C=O) groups is 3. The lowest BCUT2D eigenvalue weighted by atomic mass is 10.1. The fourth-order valence-electron chi connectivity index (χ4n) is 3.86. The third-order valence-electron chi connectivity index (χ3n) is 5.53. The first-order valence-corrected chi connectivity index (χ1v) is 11.2. The molecule has 1 saturated carbocycles. The zero-order valence-electron chi connectivity index (χ0n) is 17.8. The van der Waals surface area contributed by atoms with Crippen molar-refractivity contribution in [1.29, 1.82) is 0 Å². The predicted molar refractivity (Wildman–Crippen MR) is 118 cm³/mol. The molecule has 2 aromatic rings. The Morgan fingerprint density at radius 2 is 1.94 bits per heavy atom. The van der Waals surface area contributed by atoms with Gasteiger partial charge in [0.15, 0.2) is 5.69 Å². The van der Waals surface area contributed by atoms with Crippen molar-refractivity contribution in [3.05, 3.63) is 40.4 Å². The van der Waals surface area contributed by atoms with Crippen LogP contribution in [-0.4, -0.2) is 34.2 Å². The maximum atomic E-state index is 13.5. The standard InChI is InChI=1S/C21H24F3N5O3S/c1-2-14(19(31)27-12-7-3-4-8-12)29(13-9-5-6-11(10-13)21(22,23)24)20(32)17-15(25)16(18(26)30)28-33-17/h5-6,9-10,12,14H,2-4,7-8,25H2,1H3,(H2,26,30)(H,27,31). The molecule has 0 bridgehead atoms. The normalized spacial score (nSPS) is 15.3. The Hall–Kier alpha value is -3.15. The van der Waals surface area contributed by atoms with Gasteiger partial charge in [0.1, 0.15) is 10.9 Å². The Morgan fingerprint density at radius 3 is 2.48 bits per heavy atom. The van der Waals surface area contributed by atoms with E-state index in [2.05, 4.69) is 9.69 Å². The quantitative estimate of drug-likeness (QED) is 0.556. The Balaban J connectivity index is 2.06. The number of halogens is 3. The van der Waals surface area contributed by atoms with Gasteiger partial charge in [-0.15, -0.1) is 0 Å². The Morgan fingerprint density at radius 1 is 1.27 bits per heavy atom. The van der Waals surface area contributed by atoms with Crippen LogP contribution in [-0.2, 0) is 11.0 Å². The van der Waals surface area contributed by atoms with Crippen LogP contribution >= 0.6 is 11.5 Å². The molecule has 178 valence electrons. The van der Waals surface area contributed by atoms with Crippen molar-refractivity contribution >= 4 is 40.6 Å². The molecule has 33 heavy (non-hydrogen) atoms. The van der Waals surface area contributed by atoms with E-state index in [1.165, 1.54) is 6.07 Å². The van der Waals surface area contributed by atoms with Gasteiger partial charge in [-0.25, -0.2) is 0 Å². The van der Waals surface area contributed by atoms with Gasteiger partial charge in [0.2, 0.25) is 5.91 Å². The summed E-state index contributed by atoms with van der Waals surface area (Å²) in [6.45, 7) is 1.65. The molecule has 1 heterocycles. The van der Waals surface area contributed by atoms with Gasteiger partial charge in [0.05, 0.1) is 11.3 Å². The average molecular weight is 484 g/mol. The molecule has 0 spiro atoms. The van der Waals surface area contributed by atoms with Crippen molar-refractivity contribution < 1.29 is 27.6 Å². The lowest BCUT2D eigenvalue weighted by Crippen LogP contribution is -2.51. The second-order valence-corrected chi connectivity index (χ2v) is 8.55. The molecule has 1 aromatic heterocycles. The molecule has 0 aliphatic heterocycles. The van der Waals surface area contributed by atoms with Gasteiger partial charge in [-0.05, 0) is 49.0 Å². The van der Waals surface area contributed by atoms with E-state index in [9.17, 15) is 27.6 Å². The summed E-state index contributed by atoms with van der Waals surface area (Å²) in [4.78, 5) is 38.9. The van der Waals surface area contributed by atoms with Crippen molar-refractivity contribution in [3.63, 3.8) is 0 Å². The molecule has 3 amide bonds. The number of nitrogens with two attached hydrogens (primary N) is 2. The summed E-state index contributed by atoms with van der Waals surface area (Å²) in [6, 6.07) is 2.98. The summed E-state index contributed by atoms with van der Waals surface area (Å²) in [5, 5.41) is 2.90. The highest BCUT2D eigenvalue weighted by molar-refractivity contribution is 7.09. The number of rotatable bonds is 7. The van der Waals surface area contributed by atoms with Crippen LogP contribution in [0.4, 0.5) is 24.5 Å². The molecule has 12 heteroatoms. The van der Waals surface area contributed by atoms with Crippen LogP contribution in [0.5, 0.6) is 0 Å². The lowest BCUT2D eigenvalue weighted by molar-refractivity contribution is -0.137. The average Bonchev–Trinajstić information content (AvgIpc) is 3.40. The molecule has 1 unspecified atom stereocenters. The molecule has 3 rings (SSSR count). The molecule has 0 saturated heterocycles. The SMILES string of the molecule is CCC(C(=O)NC1CCCC1)N(C(=O)c1snc(C(N)=O)c1N)c1cccc(C(F)(F)F)c1. The van der Waals surface area contributed by atoms with Gasteiger partial charge >= 0.3 is 6.18 Å². The van der Waals surface area contributed by atoms with Crippen LogP contribution in [0, 0.1) is 0 Å². The van der Waals surface area contributed by atoms with Gasteiger partial charge in [-0.3, -0.25) is 19.3 Å². The Labute approximate surface area is 192 Å². The zero-order valence-corrected chi connectivity index (χ0v) is 18.6. The molecule has 5 N–H and O–H groups in total. The van der Waals surface area contributed by atoms with E-state index in [0.29, 0.717) is 11.5 Å². The van der Waals surface area contributed by atoms with E-state index >= 15 is 0 Å². The summed E-state index contributed by atoms with van der Waals surface area (Å²) in [7, 11) is 0. The van der Waals surface area contributed by atoms with Gasteiger partial charge in [0.25, 0.3) is 11.8 Å². The lowest BCUT2D eigenvalue weighted by Gasteiger charge is -2.31. The second-order valence-electron chi connectivity index (χ2n) is 7.78. The first-order valence-electron chi connectivity index (χ1n) is 10.4. The van der Waals surface area contributed by atoms with Crippen LogP contribution in [0.3, 0.4) is 0 Å². The number of nitrogens with one attached hydrogen (secondary N) is 1. The van der Waals surface area contributed by atoms with E-state index in [4.69, 9.17) is 11.5 Å². The molecule has 1 aliphatic carbocycles. The van der Waals surface area contributed by atoms with Crippen molar-refractivity contribution in [3.8, 4) is 0 Å². The molecule has 1 aromatic carbocycles. The first-order chi connectivity index (χ1) is 15.5. The number of hydrogen-bond donors (Lipinski definition) is 3. The minimum Gasteiger partial charge on any atom is -0.395 e. The van der Waals surface area contributed by atoms with Crippen LogP contribution in [0.25, 0.3) is 0 Å².